The second-order valence-corrected chi connectivity index (χ2v) is 7.66. The number of hydrogen-bond donors (Lipinski definition) is 2. The molecule has 0 unspecified atom stereocenters. The quantitative estimate of drug-likeness (QED) is 0.233. The number of nitrogens with zero attached hydrogens (tertiary/aromatic N) is 1. The van der Waals surface area contributed by atoms with E-state index in [0.717, 1.165) is 32.4 Å². The first-order valence-corrected chi connectivity index (χ1v) is 11.4. The van der Waals surface area contributed by atoms with Crippen LogP contribution in [0.2, 0.25) is 0 Å². The number of carbonyl (C=O) groups excluding carboxylic acids is 1. The lowest BCUT2D eigenvalue weighted by Crippen LogP contribution is -2.34. The van der Waals surface area contributed by atoms with Gasteiger partial charge in [-0.25, -0.2) is 0 Å². The predicted molar refractivity (Wildman–Crippen MR) is 129 cm³/mol. The molecule has 0 aliphatic rings. The summed E-state index contributed by atoms with van der Waals surface area (Å²) in [6, 6.07) is 0. The summed E-state index contributed by atoms with van der Waals surface area (Å²) < 4.78 is 0. The summed E-state index contributed by atoms with van der Waals surface area (Å²) in [5.41, 5.74) is 11.1. The molecule has 0 aromatic carbocycles. The van der Waals surface area contributed by atoms with Crippen LogP contribution in [0.5, 0.6) is 0 Å². The lowest BCUT2D eigenvalue weighted by molar-refractivity contribution is -0.131. The maximum atomic E-state index is 12.3. The van der Waals surface area contributed by atoms with Gasteiger partial charge in [0.15, 0.2) is 0 Å². The fourth-order valence-corrected chi connectivity index (χ4v) is 3.38. The summed E-state index contributed by atoms with van der Waals surface area (Å²) >= 11 is 0. The summed E-state index contributed by atoms with van der Waals surface area (Å²) in [6.45, 7) is 5.13. The van der Waals surface area contributed by atoms with E-state index in [1.807, 2.05) is 4.90 Å². The Morgan fingerprint density at radius 2 is 0.964 bits per heavy atom. The number of carbonyl (C=O) groups is 1. The van der Waals surface area contributed by atoms with E-state index in [9.17, 15) is 4.79 Å². The minimum atomic E-state index is 0. The lowest BCUT2D eigenvalue weighted by atomic mass is 10.0. The van der Waals surface area contributed by atoms with Gasteiger partial charge in [0.2, 0.25) is 5.91 Å². The minimum Gasteiger partial charge on any atom is -0.343 e. The third kappa shape index (κ3) is 22.3. The molecule has 0 aliphatic carbocycles. The van der Waals surface area contributed by atoms with Gasteiger partial charge in [0.1, 0.15) is 0 Å². The number of hydrogen-bond acceptors (Lipinski definition) is 3. The van der Waals surface area contributed by atoms with Crippen LogP contribution in [-0.2, 0) is 4.79 Å². The van der Waals surface area contributed by atoms with E-state index in [2.05, 4.69) is 6.92 Å². The van der Waals surface area contributed by atoms with Crippen LogP contribution >= 0.6 is 24.8 Å². The van der Waals surface area contributed by atoms with E-state index >= 15 is 0 Å². The summed E-state index contributed by atoms with van der Waals surface area (Å²) in [7, 11) is 0. The van der Waals surface area contributed by atoms with Crippen molar-refractivity contribution in [3.63, 3.8) is 0 Å². The van der Waals surface area contributed by atoms with Gasteiger partial charge >= 0.3 is 0 Å². The van der Waals surface area contributed by atoms with E-state index in [1.165, 1.54) is 77.0 Å². The van der Waals surface area contributed by atoms with Gasteiger partial charge in [0.25, 0.3) is 0 Å². The van der Waals surface area contributed by atoms with Gasteiger partial charge in [-0.2, -0.15) is 0 Å². The first kappa shape index (κ1) is 32.6. The summed E-state index contributed by atoms with van der Waals surface area (Å²) in [5.74, 6) is 0.287. The van der Waals surface area contributed by atoms with E-state index < -0.39 is 0 Å². The molecule has 6 heteroatoms. The molecular formula is C22H49Cl2N3O. The van der Waals surface area contributed by atoms with Crippen molar-refractivity contribution in [1.82, 2.24) is 4.90 Å². The molecule has 0 radical (unpaired) electrons. The maximum Gasteiger partial charge on any atom is 0.222 e. The highest BCUT2D eigenvalue weighted by Gasteiger charge is 2.11. The highest BCUT2D eigenvalue weighted by Crippen LogP contribution is 2.13. The van der Waals surface area contributed by atoms with E-state index in [4.69, 9.17) is 11.5 Å². The SMILES string of the molecule is CCCCCCCCCCCCCCCC(=O)N(CCCN)CCCN.Cl.Cl. The molecule has 0 heterocycles. The third-order valence-corrected chi connectivity index (χ3v) is 5.11. The highest BCUT2D eigenvalue weighted by molar-refractivity contribution is 5.85. The first-order valence-electron chi connectivity index (χ1n) is 11.4. The van der Waals surface area contributed by atoms with E-state index in [-0.39, 0.29) is 30.7 Å². The number of amides is 1. The zero-order valence-corrected chi connectivity index (χ0v) is 20.1. The molecule has 1 amide bonds. The molecule has 0 fully saturated rings. The average molecular weight is 443 g/mol. The summed E-state index contributed by atoms with van der Waals surface area (Å²) in [4.78, 5) is 14.3. The zero-order valence-electron chi connectivity index (χ0n) is 18.5. The fourth-order valence-electron chi connectivity index (χ4n) is 3.38. The Bertz CT molecular complexity index is 300. The van der Waals surface area contributed by atoms with Crippen LogP contribution < -0.4 is 11.5 Å². The first-order chi connectivity index (χ1) is 12.8. The zero-order chi connectivity index (χ0) is 19.3. The Labute approximate surface area is 187 Å². The van der Waals surface area contributed by atoms with Crippen LogP contribution in [0.25, 0.3) is 0 Å². The maximum absolute atomic E-state index is 12.3. The van der Waals surface area contributed by atoms with Crippen molar-refractivity contribution in [1.29, 1.82) is 0 Å². The lowest BCUT2D eigenvalue weighted by Gasteiger charge is -2.22. The van der Waals surface area contributed by atoms with Crippen LogP contribution in [0.1, 0.15) is 110 Å². The second-order valence-electron chi connectivity index (χ2n) is 7.66. The molecular weight excluding hydrogens is 393 g/mol. The molecule has 28 heavy (non-hydrogen) atoms. The molecule has 4 nitrogen and oxygen atoms in total. The molecule has 0 rings (SSSR count). The largest absolute Gasteiger partial charge is 0.343 e. The Kier molecular flexibility index (Phi) is 31.4. The number of halogens is 2. The summed E-state index contributed by atoms with van der Waals surface area (Å²) in [6.07, 6.45) is 19.9. The van der Waals surface area contributed by atoms with Crippen LogP contribution in [-0.4, -0.2) is 37.0 Å². The Hall–Kier alpha value is -0.0300. The Morgan fingerprint density at radius 3 is 1.32 bits per heavy atom. The van der Waals surface area contributed by atoms with Crippen LogP contribution in [0.15, 0.2) is 0 Å². The van der Waals surface area contributed by atoms with Gasteiger partial charge in [-0.05, 0) is 32.4 Å². The molecule has 0 bridgehead atoms. The molecule has 0 aromatic heterocycles. The van der Waals surface area contributed by atoms with Crippen molar-refractivity contribution < 1.29 is 4.79 Å². The van der Waals surface area contributed by atoms with Gasteiger partial charge in [0.05, 0.1) is 0 Å². The van der Waals surface area contributed by atoms with Gasteiger partial charge in [-0.3, -0.25) is 4.79 Å². The molecule has 0 aromatic rings. The molecule has 0 spiro atoms. The number of unbranched alkanes of at least 4 members (excludes halogenated alkanes) is 12. The Morgan fingerprint density at radius 1 is 0.607 bits per heavy atom. The number of nitrogens with two attached hydrogens (primary N) is 2. The van der Waals surface area contributed by atoms with Crippen LogP contribution in [0.4, 0.5) is 0 Å². The molecule has 4 N–H and O–H groups in total. The fraction of sp³-hybridized carbons (Fsp3) is 0.955. The van der Waals surface area contributed by atoms with E-state index in [0.29, 0.717) is 19.5 Å². The molecule has 0 saturated carbocycles. The van der Waals surface area contributed by atoms with Gasteiger partial charge in [0, 0.05) is 19.5 Å². The van der Waals surface area contributed by atoms with Gasteiger partial charge < -0.3 is 16.4 Å². The molecule has 172 valence electrons. The van der Waals surface area contributed by atoms with E-state index in [1.54, 1.807) is 0 Å². The van der Waals surface area contributed by atoms with Crippen molar-refractivity contribution in [2.45, 2.75) is 110 Å². The smallest absolute Gasteiger partial charge is 0.222 e. The van der Waals surface area contributed by atoms with Crippen molar-refractivity contribution in [2.24, 2.45) is 11.5 Å². The molecule has 0 saturated heterocycles. The predicted octanol–water partition coefficient (Wildman–Crippen LogP) is 5.84. The van der Waals surface area contributed by atoms with Crippen LogP contribution in [0, 0.1) is 0 Å². The van der Waals surface area contributed by atoms with Crippen molar-refractivity contribution >= 4 is 30.7 Å². The monoisotopic (exact) mass is 441 g/mol. The molecule has 0 atom stereocenters. The third-order valence-electron chi connectivity index (χ3n) is 5.11. The average Bonchev–Trinajstić information content (AvgIpc) is 2.65. The topological polar surface area (TPSA) is 72.3 Å². The van der Waals surface area contributed by atoms with Crippen molar-refractivity contribution in [3.8, 4) is 0 Å². The number of rotatable bonds is 20. The Balaban J connectivity index is -0.00000312. The van der Waals surface area contributed by atoms with Gasteiger partial charge in [-0.15, -0.1) is 24.8 Å². The second kappa shape index (κ2) is 27.0. The standard InChI is InChI=1S/C22H47N3O.2ClH/c1-2-3-4-5-6-7-8-9-10-11-12-13-14-17-22(26)25(20-15-18-23)21-16-19-24;;/h2-21,23-24H2,1H3;2*1H. The molecule has 0 aliphatic heterocycles. The van der Waals surface area contributed by atoms with Crippen molar-refractivity contribution in [3.05, 3.63) is 0 Å². The van der Waals surface area contributed by atoms with Gasteiger partial charge in [-0.1, -0.05) is 84.0 Å². The van der Waals surface area contributed by atoms with Crippen LogP contribution in [0.3, 0.4) is 0 Å². The highest BCUT2D eigenvalue weighted by atomic mass is 35.5. The minimum absolute atomic E-state index is 0. The normalized spacial score (nSPS) is 10.2. The summed E-state index contributed by atoms with van der Waals surface area (Å²) in [5, 5.41) is 0. The van der Waals surface area contributed by atoms with Crippen molar-refractivity contribution in [2.75, 3.05) is 26.2 Å².